The summed E-state index contributed by atoms with van der Waals surface area (Å²) in [5.74, 6) is 0.182. The zero-order chi connectivity index (χ0) is 15.5. The van der Waals surface area contributed by atoms with Crippen LogP contribution in [0.1, 0.15) is 38.4 Å². The second-order valence-corrected chi connectivity index (χ2v) is 5.98. The standard InChI is InChI=1S/C16H22N4O/c1-12(14-6-4-5-9-18-14)20(3)10-15(21)19-16(2,11-17)13-7-8-13/h4-6,9,12-13H,7-8,10H2,1-3H3,(H,19,21)/t12-,16+/m1/s1. The van der Waals surface area contributed by atoms with Crippen molar-refractivity contribution in [3.63, 3.8) is 0 Å². The molecule has 0 aliphatic heterocycles. The highest BCUT2D eigenvalue weighted by Crippen LogP contribution is 2.39. The molecule has 1 fully saturated rings. The maximum atomic E-state index is 12.2. The average molecular weight is 286 g/mol. The van der Waals surface area contributed by atoms with E-state index < -0.39 is 5.54 Å². The van der Waals surface area contributed by atoms with Crippen LogP contribution in [0.5, 0.6) is 0 Å². The highest BCUT2D eigenvalue weighted by molar-refractivity contribution is 5.79. The van der Waals surface area contributed by atoms with Crippen molar-refractivity contribution in [1.82, 2.24) is 15.2 Å². The number of nitrogens with one attached hydrogen (secondary N) is 1. The van der Waals surface area contributed by atoms with Gasteiger partial charge in [-0.15, -0.1) is 0 Å². The molecule has 5 nitrogen and oxygen atoms in total. The van der Waals surface area contributed by atoms with Gasteiger partial charge in [-0.05, 0) is 51.8 Å². The number of likely N-dealkylation sites (N-methyl/N-ethyl adjacent to an activating group) is 1. The van der Waals surface area contributed by atoms with Gasteiger partial charge >= 0.3 is 0 Å². The molecule has 0 saturated heterocycles. The third kappa shape index (κ3) is 3.79. The summed E-state index contributed by atoms with van der Waals surface area (Å²) in [4.78, 5) is 18.4. The van der Waals surface area contributed by atoms with Gasteiger partial charge < -0.3 is 5.32 Å². The molecule has 0 radical (unpaired) electrons. The first-order chi connectivity index (χ1) is 9.96. The number of nitriles is 1. The summed E-state index contributed by atoms with van der Waals surface area (Å²) < 4.78 is 0. The van der Waals surface area contributed by atoms with Crippen LogP contribution < -0.4 is 5.32 Å². The summed E-state index contributed by atoms with van der Waals surface area (Å²) in [6.07, 6.45) is 3.79. The minimum absolute atomic E-state index is 0.0474. The van der Waals surface area contributed by atoms with E-state index in [4.69, 9.17) is 0 Å². The first-order valence-electron chi connectivity index (χ1n) is 7.29. The lowest BCUT2D eigenvalue weighted by atomic mass is 9.98. The molecule has 2 atom stereocenters. The Labute approximate surface area is 126 Å². The number of rotatable bonds is 6. The van der Waals surface area contributed by atoms with E-state index in [1.54, 1.807) is 6.20 Å². The van der Waals surface area contributed by atoms with E-state index in [0.717, 1.165) is 18.5 Å². The van der Waals surface area contributed by atoms with Gasteiger partial charge in [0.05, 0.1) is 18.3 Å². The zero-order valence-electron chi connectivity index (χ0n) is 12.8. The fraction of sp³-hybridized carbons (Fsp3) is 0.562. The van der Waals surface area contributed by atoms with Gasteiger partial charge in [0.25, 0.3) is 0 Å². The van der Waals surface area contributed by atoms with E-state index in [0.29, 0.717) is 5.92 Å². The van der Waals surface area contributed by atoms with E-state index in [1.807, 2.05) is 44.0 Å². The lowest BCUT2D eigenvalue weighted by molar-refractivity contribution is -0.123. The molecule has 0 unspecified atom stereocenters. The first-order valence-corrected chi connectivity index (χ1v) is 7.29. The monoisotopic (exact) mass is 286 g/mol. The van der Waals surface area contributed by atoms with E-state index in [2.05, 4.69) is 16.4 Å². The summed E-state index contributed by atoms with van der Waals surface area (Å²) >= 11 is 0. The second-order valence-electron chi connectivity index (χ2n) is 5.98. The molecule has 21 heavy (non-hydrogen) atoms. The largest absolute Gasteiger partial charge is 0.337 e. The van der Waals surface area contributed by atoms with Crippen molar-refractivity contribution in [2.45, 2.75) is 38.3 Å². The predicted molar refractivity (Wildman–Crippen MR) is 80.2 cm³/mol. The number of aromatic nitrogens is 1. The van der Waals surface area contributed by atoms with Crippen molar-refractivity contribution in [3.05, 3.63) is 30.1 Å². The number of amides is 1. The molecule has 1 heterocycles. The Morgan fingerprint density at radius 1 is 1.62 bits per heavy atom. The van der Waals surface area contributed by atoms with Gasteiger partial charge in [-0.1, -0.05) is 6.07 Å². The molecule has 1 amide bonds. The molecule has 0 aromatic carbocycles. The maximum absolute atomic E-state index is 12.2. The molecule has 5 heteroatoms. The van der Waals surface area contributed by atoms with Crippen LogP contribution in [0.15, 0.2) is 24.4 Å². The van der Waals surface area contributed by atoms with Crippen molar-refractivity contribution < 1.29 is 4.79 Å². The Bertz CT molecular complexity index is 535. The molecule has 112 valence electrons. The normalized spacial score (nSPS) is 18.6. The van der Waals surface area contributed by atoms with Gasteiger partial charge in [-0.2, -0.15) is 5.26 Å². The Kier molecular flexibility index (Phi) is 4.59. The van der Waals surface area contributed by atoms with Gasteiger partial charge in [0.2, 0.25) is 5.91 Å². The highest BCUT2D eigenvalue weighted by atomic mass is 16.2. The van der Waals surface area contributed by atoms with Crippen molar-refractivity contribution in [2.24, 2.45) is 5.92 Å². The van der Waals surface area contributed by atoms with Crippen molar-refractivity contribution in [1.29, 1.82) is 5.26 Å². The Balaban J connectivity index is 1.92. The molecule has 0 spiro atoms. The minimum Gasteiger partial charge on any atom is -0.337 e. The Morgan fingerprint density at radius 2 is 2.33 bits per heavy atom. The van der Waals surface area contributed by atoms with Crippen molar-refractivity contribution >= 4 is 5.91 Å². The number of carbonyl (C=O) groups excluding carboxylic acids is 1. The second kappa shape index (κ2) is 6.23. The fourth-order valence-corrected chi connectivity index (χ4v) is 2.42. The fourth-order valence-electron chi connectivity index (χ4n) is 2.42. The van der Waals surface area contributed by atoms with Crippen LogP contribution in [0.4, 0.5) is 0 Å². The lowest BCUT2D eigenvalue weighted by Gasteiger charge is -2.27. The Morgan fingerprint density at radius 3 is 2.86 bits per heavy atom. The third-order valence-electron chi connectivity index (χ3n) is 4.20. The van der Waals surface area contributed by atoms with Crippen LogP contribution >= 0.6 is 0 Å². The molecule has 1 N–H and O–H groups in total. The molecule has 1 aromatic rings. The smallest absolute Gasteiger partial charge is 0.235 e. The van der Waals surface area contributed by atoms with E-state index in [-0.39, 0.29) is 18.5 Å². The maximum Gasteiger partial charge on any atom is 0.235 e. The predicted octanol–water partition coefficient (Wildman–Crippen LogP) is 1.88. The SMILES string of the molecule is C[C@H](c1ccccn1)N(C)CC(=O)N[C@@](C)(C#N)C1CC1. The third-order valence-corrected chi connectivity index (χ3v) is 4.20. The van der Waals surface area contributed by atoms with E-state index in [9.17, 15) is 10.1 Å². The van der Waals surface area contributed by atoms with E-state index >= 15 is 0 Å². The van der Waals surface area contributed by atoms with Crippen molar-refractivity contribution in [3.8, 4) is 6.07 Å². The molecule has 1 aliphatic carbocycles. The number of nitrogens with zero attached hydrogens (tertiary/aromatic N) is 3. The number of hydrogen-bond acceptors (Lipinski definition) is 4. The molecule has 0 bridgehead atoms. The summed E-state index contributed by atoms with van der Waals surface area (Å²) in [5.41, 5.74) is 0.199. The molecule has 2 rings (SSSR count). The van der Waals surface area contributed by atoms with E-state index in [1.165, 1.54) is 0 Å². The van der Waals surface area contributed by atoms with Gasteiger partial charge in [-0.25, -0.2) is 0 Å². The average Bonchev–Trinajstić information content (AvgIpc) is 3.32. The van der Waals surface area contributed by atoms with Crippen LogP contribution in [-0.2, 0) is 4.79 Å². The molecule has 1 aliphatic rings. The highest BCUT2D eigenvalue weighted by Gasteiger charge is 2.43. The van der Waals surface area contributed by atoms with Crippen LogP contribution in [0.2, 0.25) is 0 Å². The molecule has 1 saturated carbocycles. The van der Waals surface area contributed by atoms with Gasteiger partial charge in [-0.3, -0.25) is 14.7 Å². The molecular weight excluding hydrogens is 264 g/mol. The number of pyridine rings is 1. The molecular formula is C16H22N4O. The van der Waals surface area contributed by atoms with Gasteiger partial charge in [0, 0.05) is 12.2 Å². The van der Waals surface area contributed by atoms with Gasteiger partial charge in [0.15, 0.2) is 0 Å². The summed E-state index contributed by atoms with van der Waals surface area (Å²) in [6.45, 7) is 4.08. The van der Waals surface area contributed by atoms with Crippen LogP contribution in [0.25, 0.3) is 0 Å². The molecule has 1 aromatic heterocycles. The minimum atomic E-state index is -0.730. The van der Waals surface area contributed by atoms with Crippen molar-refractivity contribution in [2.75, 3.05) is 13.6 Å². The zero-order valence-corrected chi connectivity index (χ0v) is 12.8. The first kappa shape index (κ1) is 15.5. The number of hydrogen-bond donors (Lipinski definition) is 1. The van der Waals surface area contributed by atoms with Crippen LogP contribution in [0.3, 0.4) is 0 Å². The summed E-state index contributed by atoms with van der Waals surface area (Å²) in [7, 11) is 1.89. The topological polar surface area (TPSA) is 69.0 Å². The quantitative estimate of drug-likeness (QED) is 0.867. The number of carbonyl (C=O) groups is 1. The van der Waals surface area contributed by atoms with Crippen LogP contribution in [0, 0.1) is 17.2 Å². The Hall–Kier alpha value is -1.93. The summed E-state index contributed by atoms with van der Waals surface area (Å²) in [6, 6.07) is 8.05. The van der Waals surface area contributed by atoms with Crippen LogP contribution in [-0.4, -0.2) is 34.9 Å². The lowest BCUT2D eigenvalue weighted by Crippen LogP contribution is -2.50. The van der Waals surface area contributed by atoms with Gasteiger partial charge in [0.1, 0.15) is 5.54 Å². The summed E-state index contributed by atoms with van der Waals surface area (Å²) in [5, 5.41) is 12.2.